The van der Waals surface area contributed by atoms with E-state index in [4.69, 9.17) is 34.8 Å². The molecule has 0 heterocycles. The van der Waals surface area contributed by atoms with Crippen LogP contribution in [0.1, 0.15) is 41.5 Å². The molecule has 0 radical (unpaired) electrons. The summed E-state index contributed by atoms with van der Waals surface area (Å²) < 4.78 is -1.96. The van der Waals surface area contributed by atoms with Crippen LogP contribution in [0.15, 0.2) is 23.9 Å². The van der Waals surface area contributed by atoms with Gasteiger partial charge >= 0.3 is 0 Å². The van der Waals surface area contributed by atoms with Crippen molar-refractivity contribution in [2.75, 3.05) is 0 Å². The zero-order valence-corrected chi connectivity index (χ0v) is 14.5. The molecule has 0 aliphatic rings. The molecule has 1 N–H and O–H groups in total. The van der Waals surface area contributed by atoms with E-state index in [1.54, 1.807) is 0 Å². The van der Waals surface area contributed by atoms with Crippen molar-refractivity contribution >= 4 is 40.7 Å². The Kier molecular flexibility index (Phi) is 6.45. The lowest BCUT2D eigenvalue weighted by atomic mass is 9.90. The second-order valence-corrected chi connectivity index (χ2v) is 8.79. The Bertz CT molecular complexity index is 379. The first-order valence-corrected chi connectivity index (χ1v) is 7.15. The van der Waals surface area contributed by atoms with Crippen LogP contribution < -0.4 is 5.32 Å². The van der Waals surface area contributed by atoms with Gasteiger partial charge in [0.05, 0.1) is 0 Å². The van der Waals surface area contributed by atoms with Crippen molar-refractivity contribution in [2.45, 2.75) is 45.3 Å². The molecule has 0 saturated carbocycles. The van der Waals surface area contributed by atoms with Crippen LogP contribution in [0.4, 0.5) is 0 Å². The van der Waals surface area contributed by atoms with E-state index >= 15 is 0 Å². The molecule has 1 amide bonds. The first-order valence-electron chi connectivity index (χ1n) is 6.02. The van der Waals surface area contributed by atoms with Gasteiger partial charge in [-0.2, -0.15) is 0 Å². The van der Waals surface area contributed by atoms with Crippen LogP contribution in [0.5, 0.6) is 0 Å². The Morgan fingerprint density at radius 3 is 1.79 bits per heavy atom. The second kappa shape index (κ2) is 6.51. The van der Waals surface area contributed by atoms with Gasteiger partial charge in [-0.25, -0.2) is 0 Å². The van der Waals surface area contributed by atoms with Gasteiger partial charge in [-0.15, -0.1) is 0 Å². The highest BCUT2D eigenvalue weighted by molar-refractivity contribution is 6.76. The van der Waals surface area contributed by atoms with E-state index in [1.807, 2.05) is 39.0 Å². The highest BCUT2D eigenvalue weighted by Crippen LogP contribution is 2.29. The zero-order chi connectivity index (χ0) is 15.5. The molecule has 0 atom stereocenters. The molecule has 0 aromatic rings. The molecular weight excluding hydrogens is 305 g/mol. The number of carbonyl (C=O) groups is 1. The molecular formula is C14H22Cl3NO. The van der Waals surface area contributed by atoms with Crippen molar-refractivity contribution in [1.82, 2.24) is 5.32 Å². The van der Waals surface area contributed by atoms with Gasteiger partial charge in [-0.3, -0.25) is 4.79 Å². The molecule has 0 spiro atoms. The molecule has 0 aromatic heterocycles. The van der Waals surface area contributed by atoms with Crippen LogP contribution in [0.3, 0.4) is 0 Å². The van der Waals surface area contributed by atoms with E-state index in [2.05, 4.69) is 26.1 Å². The third-order valence-electron chi connectivity index (χ3n) is 2.17. The van der Waals surface area contributed by atoms with Gasteiger partial charge in [-0.1, -0.05) is 88.5 Å². The smallest absolute Gasteiger partial charge is 0.276 e. The third-order valence-corrected chi connectivity index (χ3v) is 2.69. The molecule has 0 aliphatic carbocycles. The molecule has 0 fully saturated rings. The van der Waals surface area contributed by atoms with Crippen molar-refractivity contribution in [3.8, 4) is 0 Å². The Labute approximate surface area is 131 Å². The Hall–Kier alpha value is -0.180. The summed E-state index contributed by atoms with van der Waals surface area (Å²) in [6.45, 7) is 12.2. The predicted molar refractivity (Wildman–Crippen MR) is 84.6 cm³/mol. The maximum Gasteiger partial charge on any atom is 0.276 e. The maximum absolute atomic E-state index is 11.7. The average molecular weight is 327 g/mol. The fourth-order valence-electron chi connectivity index (χ4n) is 1.11. The van der Waals surface area contributed by atoms with E-state index in [0.29, 0.717) is 5.70 Å². The summed E-state index contributed by atoms with van der Waals surface area (Å²) in [5, 5.41) is 2.66. The van der Waals surface area contributed by atoms with Crippen LogP contribution in [-0.2, 0) is 4.79 Å². The van der Waals surface area contributed by atoms with Crippen LogP contribution in [0, 0.1) is 10.8 Å². The lowest BCUT2D eigenvalue weighted by molar-refractivity contribution is -0.119. The SMILES string of the molecule is CC(C)(C)/C=C/C=C(\NC(=O)C(Cl)(Cl)Cl)C(C)(C)C. The number of rotatable bonds is 2. The van der Waals surface area contributed by atoms with Gasteiger partial charge in [0.25, 0.3) is 9.70 Å². The van der Waals surface area contributed by atoms with Gasteiger partial charge in [0.1, 0.15) is 0 Å². The minimum atomic E-state index is -1.96. The number of alkyl halides is 3. The monoisotopic (exact) mass is 325 g/mol. The number of hydrogen-bond donors (Lipinski definition) is 1. The third kappa shape index (κ3) is 8.56. The lowest BCUT2D eigenvalue weighted by Gasteiger charge is -2.25. The first-order chi connectivity index (χ1) is 8.23. The second-order valence-electron chi connectivity index (χ2n) is 6.51. The number of amides is 1. The molecule has 0 rings (SSSR count). The Morgan fingerprint density at radius 1 is 1.00 bits per heavy atom. The minimum Gasteiger partial charge on any atom is -0.326 e. The predicted octanol–water partition coefficient (Wildman–Crippen LogP) is 5.01. The van der Waals surface area contributed by atoms with E-state index in [0.717, 1.165) is 0 Å². The summed E-state index contributed by atoms with van der Waals surface area (Å²) in [4.78, 5) is 11.7. The van der Waals surface area contributed by atoms with Gasteiger partial charge in [0.2, 0.25) is 0 Å². The summed E-state index contributed by atoms with van der Waals surface area (Å²) in [7, 11) is 0. The fraction of sp³-hybridized carbons (Fsp3) is 0.643. The average Bonchev–Trinajstić information content (AvgIpc) is 2.10. The standard InChI is InChI=1S/C14H22Cl3NO/c1-12(2,3)9-7-8-10(13(4,5)6)18-11(19)14(15,16)17/h7-9H,1-6H3,(H,18,19)/b9-7+,10-8-. The Morgan fingerprint density at radius 2 is 1.47 bits per heavy atom. The topological polar surface area (TPSA) is 29.1 Å². The van der Waals surface area contributed by atoms with Gasteiger partial charge < -0.3 is 5.32 Å². The normalized spacial score (nSPS) is 14.9. The van der Waals surface area contributed by atoms with Gasteiger partial charge in [0, 0.05) is 11.1 Å². The number of allylic oxidation sites excluding steroid dienone is 4. The van der Waals surface area contributed by atoms with Crippen LogP contribution in [0.25, 0.3) is 0 Å². The zero-order valence-electron chi connectivity index (χ0n) is 12.3. The van der Waals surface area contributed by atoms with Crippen molar-refractivity contribution in [2.24, 2.45) is 10.8 Å². The summed E-state index contributed by atoms with van der Waals surface area (Å²) in [6, 6.07) is 0. The van der Waals surface area contributed by atoms with Crippen molar-refractivity contribution < 1.29 is 4.79 Å². The fourth-order valence-corrected chi connectivity index (χ4v) is 1.25. The number of hydrogen-bond acceptors (Lipinski definition) is 1. The summed E-state index contributed by atoms with van der Waals surface area (Å²) >= 11 is 16.7. The van der Waals surface area contributed by atoms with Crippen LogP contribution >= 0.6 is 34.8 Å². The Balaban J connectivity index is 5.12. The molecule has 19 heavy (non-hydrogen) atoms. The largest absolute Gasteiger partial charge is 0.326 e. The molecule has 0 unspecified atom stereocenters. The first kappa shape index (κ1) is 18.8. The highest BCUT2D eigenvalue weighted by Gasteiger charge is 2.32. The van der Waals surface area contributed by atoms with Crippen LogP contribution in [0.2, 0.25) is 0 Å². The van der Waals surface area contributed by atoms with E-state index < -0.39 is 9.70 Å². The lowest BCUT2D eigenvalue weighted by Crippen LogP contribution is -2.37. The quantitative estimate of drug-likeness (QED) is 0.561. The summed E-state index contributed by atoms with van der Waals surface area (Å²) in [5.74, 6) is -0.650. The van der Waals surface area contributed by atoms with Crippen molar-refractivity contribution in [1.29, 1.82) is 0 Å². The van der Waals surface area contributed by atoms with Crippen LogP contribution in [-0.4, -0.2) is 9.70 Å². The molecule has 0 saturated heterocycles. The summed E-state index contributed by atoms with van der Waals surface area (Å²) in [5.41, 5.74) is 0.510. The van der Waals surface area contributed by atoms with Gasteiger partial charge in [0.15, 0.2) is 0 Å². The highest BCUT2D eigenvalue weighted by atomic mass is 35.6. The molecule has 0 bridgehead atoms. The molecule has 2 nitrogen and oxygen atoms in total. The molecule has 0 aromatic carbocycles. The number of carbonyl (C=O) groups excluding carboxylic acids is 1. The van der Waals surface area contributed by atoms with Crippen molar-refractivity contribution in [3.63, 3.8) is 0 Å². The van der Waals surface area contributed by atoms with E-state index in [9.17, 15) is 4.79 Å². The number of nitrogens with one attached hydrogen (secondary N) is 1. The van der Waals surface area contributed by atoms with Gasteiger partial charge in [-0.05, 0) is 11.5 Å². The maximum atomic E-state index is 11.7. The summed E-state index contributed by atoms with van der Waals surface area (Å²) in [6.07, 6.45) is 5.78. The number of halogens is 3. The van der Waals surface area contributed by atoms with E-state index in [-0.39, 0.29) is 10.8 Å². The van der Waals surface area contributed by atoms with E-state index in [1.165, 1.54) is 0 Å². The van der Waals surface area contributed by atoms with Crippen molar-refractivity contribution in [3.05, 3.63) is 23.9 Å². The molecule has 5 heteroatoms. The molecule has 0 aliphatic heterocycles. The minimum absolute atomic E-state index is 0.0682. The molecule has 110 valence electrons.